The molecule has 2 nitrogen and oxygen atoms in total. The SMILES string of the molecule is OC(c1ccccn1)C1(c2ccc(F)c(F)c2)CCC1. The minimum absolute atomic E-state index is 0.553. The Kier molecular flexibility index (Phi) is 3.26. The van der Waals surface area contributed by atoms with E-state index in [1.165, 1.54) is 6.07 Å². The van der Waals surface area contributed by atoms with E-state index in [9.17, 15) is 13.9 Å². The molecule has 0 bridgehead atoms. The summed E-state index contributed by atoms with van der Waals surface area (Å²) in [6.45, 7) is 0. The Hall–Kier alpha value is -1.81. The van der Waals surface area contributed by atoms with Crippen molar-refractivity contribution in [3.63, 3.8) is 0 Å². The summed E-state index contributed by atoms with van der Waals surface area (Å²) in [7, 11) is 0. The highest BCUT2D eigenvalue weighted by Gasteiger charge is 2.46. The van der Waals surface area contributed by atoms with Gasteiger partial charge in [-0.05, 0) is 42.7 Å². The van der Waals surface area contributed by atoms with Crippen LogP contribution in [0.2, 0.25) is 0 Å². The van der Waals surface area contributed by atoms with Crippen LogP contribution in [0.4, 0.5) is 8.78 Å². The van der Waals surface area contributed by atoms with Gasteiger partial charge in [-0.1, -0.05) is 18.6 Å². The van der Waals surface area contributed by atoms with Gasteiger partial charge in [0.1, 0.15) is 6.10 Å². The highest BCUT2D eigenvalue weighted by atomic mass is 19.2. The van der Waals surface area contributed by atoms with Crippen LogP contribution in [0.1, 0.15) is 36.6 Å². The summed E-state index contributed by atoms with van der Waals surface area (Å²) in [5.74, 6) is -1.74. The van der Waals surface area contributed by atoms with Crippen LogP contribution in [0.15, 0.2) is 42.6 Å². The zero-order chi connectivity index (χ0) is 14.2. The molecule has 1 saturated carbocycles. The van der Waals surface area contributed by atoms with Crippen LogP contribution < -0.4 is 0 Å². The second-order valence-corrected chi connectivity index (χ2v) is 5.30. The van der Waals surface area contributed by atoms with Crippen LogP contribution in [0.25, 0.3) is 0 Å². The van der Waals surface area contributed by atoms with Gasteiger partial charge in [0.05, 0.1) is 5.69 Å². The molecule has 1 fully saturated rings. The lowest BCUT2D eigenvalue weighted by Crippen LogP contribution is -2.41. The summed E-state index contributed by atoms with van der Waals surface area (Å²) in [6, 6.07) is 9.22. The van der Waals surface area contributed by atoms with E-state index < -0.39 is 23.2 Å². The van der Waals surface area contributed by atoms with Crippen molar-refractivity contribution in [1.82, 2.24) is 4.98 Å². The van der Waals surface area contributed by atoms with E-state index in [-0.39, 0.29) is 0 Å². The van der Waals surface area contributed by atoms with Crippen LogP contribution in [0.3, 0.4) is 0 Å². The van der Waals surface area contributed by atoms with Gasteiger partial charge in [0.25, 0.3) is 0 Å². The van der Waals surface area contributed by atoms with Gasteiger partial charge < -0.3 is 5.11 Å². The first-order valence-electron chi connectivity index (χ1n) is 6.68. The topological polar surface area (TPSA) is 33.1 Å². The predicted molar refractivity (Wildman–Crippen MR) is 71.1 cm³/mol. The van der Waals surface area contributed by atoms with Gasteiger partial charge in [0.2, 0.25) is 0 Å². The lowest BCUT2D eigenvalue weighted by molar-refractivity contribution is 0.0235. The highest BCUT2D eigenvalue weighted by molar-refractivity contribution is 5.33. The van der Waals surface area contributed by atoms with Crippen LogP contribution in [-0.2, 0) is 5.41 Å². The fourth-order valence-corrected chi connectivity index (χ4v) is 2.90. The van der Waals surface area contributed by atoms with Gasteiger partial charge in [-0.15, -0.1) is 0 Å². The lowest BCUT2D eigenvalue weighted by Gasteiger charge is -2.45. The summed E-state index contributed by atoms with van der Waals surface area (Å²) < 4.78 is 26.5. The van der Waals surface area contributed by atoms with E-state index in [0.717, 1.165) is 25.3 Å². The molecule has 1 heterocycles. The average molecular weight is 275 g/mol. The maximum Gasteiger partial charge on any atom is 0.159 e. The Balaban J connectivity index is 2.01. The van der Waals surface area contributed by atoms with Crippen LogP contribution in [-0.4, -0.2) is 10.1 Å². The maximum absolute atomic E-state index is 13.5. The Labute approximate surface area is 116 Å². The fourth-order valence-electron chi connectivity index (χ4n) is 2.90. The largest absolute Gasteiger partial charge is 0.386 e. The molecule has 4 heteroatoms. The number of halogens is 2. The van der Waals surface area contributed by atoms with E-state index >= 15 is 0 Å². The average Bonchev–Trinajstić information content (AvgIpc) is 2.42. The second-order valence-electron chi connectivity index (χ2n) is 5.30. The van der Waals surface area contributed by atoms with E-state index in [4.69, 9.17) is 0 Å². The Morgan fingerprint density at radius 1 is 1.10 bits per heavy atom. The number of aliphatic hydroxyl groups excluding tert-OH is 1. The Morgan fingerprint density at radius 2 is 1.90 bits per heavy atom. The summed E-state index contributed by atoms with van der Waals surface area (Å²) in [6.07, 6.45) is 3.27. The monoisotopic (exact) mass is 275 g/mol. The highest BCUT2D eigenvalue weighted by Crippen LogP contribution is 2.51. The third-order valence-electron chi connectivity index (χ3n) is 4.23. The number of hydrogen-bond donors (Lipinski definition) is 1. The number of pyridine rings is 1. The number of aliphatic hydroxyl groups is 1. The molecule has 3 rings (SSSR count). The third kappa shape index (κ3) is 2.00. The van der Waals surface area contributed by atoms with Gasteiger partial charge in [-0.3, -0.25) is 4.98 Å². The number of hydrogen-bond acceptors (Lipinski definition) is 2. The van der Waals surface area contributed by atoms with E-state index in [1.807, 2.05) is 6.07 Å². The predicted octanol–water partition coefficient (Wildman–Crippen LogP) is 3.52. The molecule has 1 unspecified atom stereocenters. The van der Waals surface area contributed by atoms with Crippen LogP contribution in [0, 0.1) is 11.6 Å². The first-order chi connectivity index (χ1) is 9.63. The minimum atomic E-state index is -0.873. The number of rotatable bonds is 3. The van der Waals surface area contributed by atoms with Gasteiger partial charge in [0.15, 0.2) is 11.6 Å². The number of benzene rings is 1. The normalized spacial score (nSPS) is 18.4. The van der Waals surface area contributed by atoms with Gasteiger partial charge in [-0.25, -0.2) is 8.78 Å². The molecule has 0 amide bonds. The van der Waals surface area contributed by atoms with Gasteiger partial charge in [0, 0.05) is 11.6 Å². The molecule has 1 aromatic carbocycles. The molecule has 2 aromatic rings. The summed E-state index contributed by atoms with van der Waals surface area (Å²) in [5, 5.41) is 10.6. The van der Waals surface area contributed by atoms with Gasteiger partial charge >= 0.3 is 0 Å². The van der Waals surface area contributed by atoms with Crippen LogP contribution >= 0.6 is 0 Å². The first-order valence-corrected chi connectivity index (χ1v) is 6.68. The standard InChI is InChI=1S/C16H15F2NO/c17-12-6-5-11(10-13(12)18)16(7-3-8-16)15(20)14-4-1-2-9-19-14/h1-2,4-6,9-10,15,20H,3,7-8H2. The van der Waals surface area contributed by atoms with Crippen molar-refractivity contribution in [1.29, 1.82) is 0 Å². The summed E-state index contributed by atoms with van der Waals surface area (Å²) in [4.78, 5) is 4.17. The fraction of sp³-hybridized carbons (Fsp3) is 0.312. The van der Waals surface area contributed by atoms with E-state index in [0.29, 0.717) is 11.3 Å². The molecule has 104 valence electrons. The zero-order valence-corrected chi connectivity index (χ0v) is 10.9. The Bertz CT molecular complexity index is 611. The minimum Gasteiger partial charge on any atom is -0.386 e. The molecule has 20 heavy (non-hydrogen) atoms. The molecule has 0 saturated heterocycles. The van der Waals surface area contributed by atoms with E-state index in [1.54, 1.807) is 24.4 Å². The van der Waals surface area contributed by atoms with Crippen LogP contribution in [0.5, 0.6) is 0 Å². The van der Waals surface area contributed by atoms with Gasteiger partial charge in [-0.2, -0.15) is 0 Å². The first kappa shape index (κ1) is 13.2. The van der Waals surface area contributed by atoms with E-state index in [2.05, 4.69) is 4.98 Å². The van der Waals surface area contributed by atoms with Crippen molar-refractivity contribution >= 4 is 0 Å². The van der Waals surface area contributed by atoms with Crippen molar-refractivity contribution in [2.45, 2.75) is 30.8 Å². The molecule has 1 atom stereocenters. The molecule has 0 spiro atoms. The number of aromatic nitrogens is 1. The van der Waals surface area contributed by atoms with Crippen molar-refractivity contribution in [3.8, 4) is 0 Å². The van der Waals surface area contributed by atoms with Crippen molar-refractivity contribution in [2.24, 2.45) is 0 Å². The second kappa shape index (κ2) is 4.94. The zero-order valence-electron chi connectivity index (χ0n) is 10.9. The summed E-state index contributed by atoms with van der Waals surface area (Å²) in [5.41, 5.74) is 0.654. The van der Waals surface area contributed by atoms with Crippen molar-refractivity contribution in [2.75, 3.05) is 0 Å². The third-order valence-corrected chi connectivity index (χ3v) is 4.23. The molecule has 0 radical (unpaired) electrons. The quantitative estimate of drug-likeness (QED) is 0.929. The molecular weight excluding hydrogens is 260 g/mol. The molecule has 0 aliphatic heterocycles. The molecule has 1 aliphatic carbocycles. The van der Waals surface area contributed by atoms with Crippen molar-refractivity contribution < 1.29 is 13.9 Å². The molecular formula is C16H15F2NO. The maximum atomic E-state index is 13.5. The smallest absolute Gasteiger partial charge is 0.159 e. The lowest BCUT2D eigenvalue weighted by atomic mass is 9.60. The Morgan fingerprint density at radius 3 is 2.45 bits per heavy atom. The number of nitrogens with zero attached hydrogens (tertiary/aromatic N) is 1. The summed E-state index contributed by atoms with van der Waals surface area (Å²) >= 11 is 0. The molecule has 1 aromatic heterocycles. The molecule has 1 aliphatic rings. The molecule has 1 N–H and O–H groups in total. The van der Waals surface area contributed by atoms with Crippen molar-refractivity contribution in [3.05, 3.63) is 65.5 Å².